The van der Waals surface area contributed by atoms with Gasteiger partial charge >= 0.3 is 11.9 Å². The quantitative estimate of drug-likeness (QED) is 0.376. The number of rotatable bonds is 5. The molecule has 134 valence electrons. The maximum Gasteiger partial charge on any atom is 0.308 e. The Bertz CT molecular complexity index is 862. The lowest BCUT2D eigenvalue weighted by Crippen LogP contribution is -2.17. The Morgan fingerprint density at radius 3 is 2.27 bits per heavy atom. The van der Waals surface area contributed by atoms with Crippen molar-refractivity contribution in [2.45, 2.75) is 13.8 Å². The fraction of sp³-hybridized carbons (Fsp3) is 0.111. The lowest BCUT2D eigenvalue weighted by Gasteiger charge is -2.08. The maximum absolute atomic E-state index is 12.0. The predicted octanol–water partition coefficient (Wildman–Crippen LogP) is 2.95. The Kier molecular flexibility index (Phi) is 6.46. The molecule has 7 nitrogen and oxygen atoms in total. The number of ether oxygens (including phenoxy) is 2. The van der Waals surface area contributed by atoms with Crippen molar-refractivity contribution in [2.75, 3.05) is 0 Å². The van der Waals surface area contributed by atoms with Crippen molar-refractivity contribution in [1.82, 2.24) is 5.43 Å². The van der Waals surface area contributed by atoms with E-state index in [1.807, 2.05) is 0 Å². The van der Waals surface area contributed by atoms with Crippen LogP contribution in [0.1, 0.15) is 29.8 Å². The Hall–Kier alpha value is -3.19. The number of nitrogens with one attached hydrogen (secondary N) is 1. The molecule has 0 aliphatic carbocycles. The van der Waals surface area contributed by atoms with Gasteiger partial charge in [-0.2, -0.15) is 5.10 Å². The van der Waals surface area contributed by atoms with Crippen molar-refractivity contribution in [1.29, 1.82) is 0 Å². The average molecular weight is 375 g/mol. The van der Waals surface area contributed by atoms with Crippen molar-refractivity contribution in [3.8, 4) is 11.5 Å². The number of hydrazone groups is 1. The van der Waals surface area contributed by atoms with Gasteiger partial charge in [0, 0.05) is 36.1 Å². The zero-order chi connectivity index (χ0) is 19.1. The average Bonchev–Trinajstić information content (AvgIpc) is 2.56. The molecule has 1 N–H and O–H groups in total. The van der Waals surface area contributed by atoms with Crippen LogP contribution in [0.4, 0.5) is 0 Å². The normalized spacial score (nSPS) is 10.4. The number of carbonyl (C=O) groups excluding carboxylic acids is 3. The van der Waals surface area contributed by atoms with Crippen molar-refractivity contribution in [2.24, 2.45) is 5.10 Å². The highest BCUT2D eigenvalue weighted by Gasteiger charge is 2.09. The molecule has 0 heterocycles. The van der Waals surface area contributed by atoms with Gasteiger partial charge in [-0.05, 0) is 36.4 Å². The highest BCUT2D eigenvalue weighted by atomic mass is 35.5. The minimum Gasteiger partial charge on any atom is -0.427 e. The maximum atomic E-state index is 12.0. The lowest BCUT2D eigenvalue weighted by molar-refractivity contribution is -0.132. The molecule has 0 radical (unpaired) electrons. The SMILES string of the molecule is CC(=O)Oc1ccc(C=NNC(=O)c2ccc(Cl)cc2)c(OC(C)=O)c1. The smallest absolute Gasteiger partial charge is 0.308 e. The molecule has 0 unspecified atom stereocenters. The van der Waals surface area contributed by atoms with Gasteiger partial charge in [0.15, 0.2) is 0 Å². The second-order valence-electron chi connectivity index (χ2n) is 5.09. The standard InChI is InChI=1S/C18H15ClN2O5/c1-11(22)25-16-8-5-14(17(9-16)26-12(2)23)10-20-21-18(24)13-3-6-15(19)7-4-13/h3-10H,1-2H3,(H,21,24). The molecule has 0 saturated carbocycles. The van der Waals surface area contributed by atoms with Crippen molar-refractivity contribution in [3.63, 3.8) is 0 Å². The third kappa shape index (κ3) is 5.71. The summed E-state index contributed by atoms with van der Waals surface area (Å²) in [6.45, 7) is 2.49. The zero-order valence-electron chi connectivity index (χ0n) is 14.0. The molecular weight excluding hydrogens is 360 g/mol. The van der Waals surface area contributed by atoms with Gasteiger partial charge in [0.2, 0.25) is 0 Å². The van der Waals surface area contributed by atoms with Crippen molar-refractivity contribution >= 4 is 35.7 Å². The van der Waals surface area contributed by atoms with Gasteiger partial charge in [0.25, 0.3) is 5.91 Å². The van der Waals surface area contributed by atoms with E-state index in [2.05, 4.69) is 10.5 Å². The highest BCUT2D eigenvalue weighted by Crippen LogP contribution is 2.24. The van der Waals surface area contributed by atoms with Crippen LogP contribution in [0, 0.1) is 0 Å². The molecule has 26 heavy (non-hydrogen) atoms. The first-order valence-electron chi connectivity index (χ1n) is 7.45. The number of hydrogen-bond donors (Lipinski definition) is 1. The molecule has 2 aromatic carbocycles. The summed E-state index contributed by atoms with van der Waals surface area (Å²) in [7, 11) is 0. The second kappa shape index (κ2) is 8.77. The Morgan fingerprint density at radius 2 is 1.65 bits per heavy atom. The summed E-state index contributed by atoms with van der Waals surface area (Å²) in [6, 6.07) is 10.7. The second-order valence-corrected chi connectivity index (χ2v) is 5.53. The van der Waals surface area contributed by atoms with Crippen LogP contribution < -0.4 is 14.9 Å². The van der Waals surface area contributed by atoms with E-state index in [4.69, 9.17) is 21.1 Å². The van der Waals surface area contributed by atoms with Gasteiger partial charge in [-0.15, -0.1) is 0 Å². The molecule has 0 aliphatic heterocycles. The van der Waals surface area contributed by atoms with Crippen LogP contribution in [-0.2, 0) is 9.59 Å². The third-order valence-electron chi connectivity index (χ3n) is 2.98. The third-order valence-corrected chi connectivity index (χ3v) is 3.23. The molecule has 2 aromatic rings. The van der Waals surface area contributed by atoms with Gasteiger partial charge in [-0.3, -0.25) is 14.4 Å². The lowest BCUT2D eigenvalue weighted by atomic mass is 10.2. The largest absolute Gasteiger partial charge is 0.427 e. The van der Waals surface area contributed by atoms with Crippen LogP contribution in [0.3, 0.4) is 0 Å². The monoisotopic (exact) mass is 374 g/mol. The van der Waals surface area contributed by atoms with Crippen LogP contribution in [-0.4, -0.2) is 24.1 Å². The minimum atomic E-state index is -0.551. The van der Waals surface area contributed by atoms with E-state index in [0.29, 0.717) is 16.1 Å². The number of carbonyl (C=O) groups is 3. The first-order chi connectivity index (χ1) is 12.3. The highest BCUT2D eigenvalue weighted by molar-refractivity contribution is 6.30. The molecule has 0 fully saturated rings. The first kappa shape index (κ1) is 19.1. The van der Waals surface area contributed by atoms with Crippen LogP contribution in [0.5, 0.6) is 11.5 Å². The minimum absolute atomic E-state index is 0.140. The van der Waals surface area contributed by atoms with Crippen LogP contribution in [0.25, 0.3) is 0 Å². The fourth-order valence-corrected chi connectivity index (χ4v) is 2.05. The summed E-state index contributed by atoms with van der Waals surface area (Å²) < 4.78 is 10.0. The van der Waals surface area contributed by atoms with E-state index >= 15 is 0 Å². The molecule has 8 heteroatoms. The summed E-state index contributed by atoms with van der Waals surface area (Å²) >= 11 is 5.77. The number of halogens is 1. The van der Waals surface area contributed by atoms with Gasteiger partial charge in [0.1, 0.15) is 11.5 Å². The zero-order valence-corrected chi connectivity index (χ0v) is 14.7. The molecule has 2 rings (SSSR count). The Balaban J connectivity index is 2.14. The van der Waals surface area contributed by atoms with Gasteiger partial charge < -0.3 is 9.47 Å². The summed E-state index contributed by atoms with van der Waals surface area (Å²) in [5.41, 5.74) is 3.15. The number of amides is 1. The van der Waals surface area contributed by atoms with Crippen molar-refractivity contribution < 1.29 is 23.9 Å². The number of benzene rings is 2. The Morgan fingerprint density at radius 1 is 1.00 bits per heavy atom. The summed E-state index contributed by atoms with van der Waals surface area (Å²) in [6.07, 6.45) is 1.31. The van der Waals surface area contributed by atoms with E-state index < -0.39 is 17.8 Å². The van der Waals surface area contributed by atoms with Gasteiger partial charge in [-0.1, -0.05) is 11.6 Å². The Labute approximate surface area is 154 Å². The first-order valence-corrected chi connectivity index (χ1v) is 7.83. The fourth-order valence-electron chi connectivity index (χ4n) is 1.92. The van der Waals surface area contributed by atoms with Crippen molar-refractivity contribution in [3.05, 3.63) is 58.6 Å². The van der Waals surface area contributed by atoms with Gasteiger partial charge in [-0.25, -0.2) is 5.43 Å². The molecule has 0 atom stereocenters. The van der Waals surface area contributed by atoms with E-state index in [1.54, 1.807) is 24.3 Å². The molecule has 1 amide bonds. The number of hydrogen-bond acceptors (Lipinski definition) is 6. The van der Waals surface area contributed by atoms with Crippen LogP contribution >= 0.6 is 11.6 Å². The summed E-state index contributed by atoms with van der Waals surface area (Å²) in [5, 5.41) is 4.36. The molecule has 0 bridgehead atoms. The molecular formula is C18H15ClN2O5. The molecule has 0 saturated heterocycles. The molecule has 0 aromatic heterocycles. The van der Waals surface area contributed by atoms with E-state index in [9.17, 15) is 14.4 Å². The van der Waals surface area contributed by atoms with Gasteiger partial charge in [0.05, 0.1) is 6.21 Å². The predicted molar refractivity (Wildman–Crippen MR) is 95.6 cm³/mol. The van der Waals surface area contributed by atoms with Crippen LogP contribution in [0.15, 0.2) is 47.6 Å². The molecule has 0 spiro atoms. The van der Waals surface area contributed by atoms with E-state index in [0.717, 1.165) is 0 Å². The van der Waals surface area contributed by atoms with E-state index in [-0.39, 0.29) is 11.5 Å². The summed E-state index contributed by atoms with van der Waals surface area (Å²) in [4.78, 5) is 34.2. The number of esters is 2. The molecule has 0 aliphatic rings. The van der Waals surface area contributed by atoms with Crippen LogP contribution in [0.2, 0.25) is 5.02 Å². The summed E-state index contributed by atoms with van der Waals surface area (Å²) in [5.74, 6) is -1.12. The number of nitrogens with zero attached hydrogens (tertiary/aromatic N) is 1. The topological polar surface area (TPSA) is 94.1 Å². The van der Waals surface area contributed by atoms with E-state index in [1.165, 1.54) is 38.3 Å².